The van der Waals surface area contributed by atoms with Crippen molar-refractivity contribution in [1.29, 1.82) is 0 Å². The van der Waals surface area contributed by atoms with Crippen LogP contribution in [0, 0.1) is 15.9 Å². The Morgan fingerprint density at radius 1 is 1.21 bits per heavy atom. The normalized spacial score (nSPS) is 11.7. The minimum absolute atomic E-state index is 0.168. The van der Waals surface area contributed by atoms with Crippen molar-refractivity contribution in [3.63, 3.8) is 0 Å². The molecule has 0 spiro atoms. The number of nitro groups is 1. The monoisotopic (exact) mass is 349 g/mol. The molecule has 0 radical (unpaired) electrons. The van der Waals surface area contributed by atoms with Gasteiger partial charge >= 0.3 is 5.82 Å². The van der Waals surface area contributed by atoms with Crippen molar-refractivity contribution in [3.05, 3.63) is 75.0 Å². The zero-order chi connectivity index (χ0) is 17.3. The van der Waals surface area contributed by atoms with E-state index < -0.39 is 22.0 Å². The van der Waals surface area contributed by atoms with Gasteiger partial charge in [0.25, 0.3) is 5.49 Å². The van der Waals surface area contributed by atoms with E-state index in [0.29, 0.717) is 15.6 Å². The number of para-hydroxylation sites is 1. The van der Waals surface area contributed by atoms with Crippen LogP contribution in [-0.4, -0.2) is 24.9 Å². The molecule has 1 N–H and O–H groups in total. The second-order valence-corrected chi connectivity index (χ2v) is 5.06. The summed E-state index contributed by atoms with van der Waals surface area (Å²) in [5.74, 6) is -1.42. The van der Waals surface area contributed by atoms with Gasteiger partial charge in [0.1, 0.15) is 17.2 Å². The summed E-state index contributed by atoms with van der Waals surface area (Å²) < 4.78 is 13.7. The predicted molar refractivity (Wildman–Crippen MR) is 82.0 cm³/mol. The standard InChI is InChI=1S/C14H9ClFN5O3/c15-9-5-7-10(8-6-9)19-18-14(21(23)24)13(20(19)22)17-12-4-2-1-3-11(12)16/h1-8,22H. The number of halogens is 2. The van der Waals surface area contributed by atoms with Gasteiger partial charge < -0.3 is 15.3 Å². The van der Waals surface area contributed by atoms with Crippen molar-refractivity contribution in [2.24, 2.45) is 4.99 Å². The molecule has 0 saturated carbocycles. The number of hydrogen-bond donors (Lipinski definition) is 1. The summed E-state index contributed by atoms with van der Waals surface area (Å²) in [5.41, 5.74) is -0.376. The highest BCUT2D eigenvalue weighted by atomic mass is 35.5. The molecule has 0 atom stereocenters. The van der Waals surface area contributed by atoms with Crippen LogP contribution in [0.25, 0.3) is 5.69 Å². The van der Waals surface area contributed by atoms with Gasteiger partial charge in [0.05, 0.1) is 5.10 Å². The molecule has 0 aliphatic carbocycles. The van der Waals surface area contributed by atoms with E-state index in [2.05, 4.69) is 10.1 Å². The topological polar surface area (TPSA) is 98.5 Å². The molecule has 0 bridgehead atoms. The molecule has 0 saturated heterocycles. The van der Waals surface area contributed by atoms with E-state index >= 15 is 0 Å². The third kappa shape index (κ3) is 2.84. The van der Waals surface area contributed by atoms with Crippen LogP contribution in [0.3, 0.4) is 0 Å². The van der Waals surface area contributed by atoms with E-state index in [4.69, 9.17) is 11.6 Å². The molecule has 10 heteroatoms. The molecule has 1 aromatic heterocycles. The highest BCUT2D eigenvalue weighted by Gasteiger charge is 2.24. The summed E-state index contributed by atoms with van der Waals surface area (Å²) in [5, 5.41) is 25.5. The van der Waals surface area contributed by atoms with Gasteiger partial charge in [-0.1, -0.05) is 28.6 Å². The van der Waals surface area contributed by atoms with Gasteiger partial charge in [-0.3, -0.25) is 0 Å². The molecule has 8 nitrogen and oxygen atoms in total. The number of aromatic nitrogens is 3. The highest BCUT2D eigenvalue weighted by Crippen LogP contribution is 2.17. The van der Waals surface area contributed by atoms with Gasteiger partial charge in [0.2, 0.25) is 0 Å². The first-order valence-corrected chi connectivity index (χ1v) is 6.96. The lowest BCUT2D eigenvalue weighted by Crippen LogP contribution is -2.22. The summed E-state index contributed by atoms with van der Waals surface area (Å²) in [6.45, 7) is 0. The Labute approximate surface area is 138 Å². The van der Waals surface area contributed by atoms with Gasteiger partial charge in [-0.05, 0) is 46.1 Å². The van der Waals surface area contributed by atoms with E-state index in [1.165, 1.54) is 42.5 Å². The maximum atomic E-state index is 13.7. The van der Waals surface area contributed by atoms with Gasteiger partial charge in [0, 0.05) is 5.02 Å². The molecular weight excluding hydrogens is 341 g/mol. The molecule has 1 heterocycles. The van der Waals surface area contributed by atoms with Gasteiger partial charge in [0.15, 0.2) is 0 Å². The van der Waals surface area contributed by atoms with Crippen molar-refractivity contribution < 1.29 is 14.5 Å². The largest absolute Gasteiger partial charge is 0.438 e. The first-order valence-electron chi connectivity index (χ1n) is 6.58. The Morgan fingerprint density at radius 3 is 2.50 bits per heavy atom. The number of rotatable bonds is 3. The third-order valence-corrected chi connectivity index (χ3v) is 3.32. The summed E-state index contributed by atoms with van der Waals surface area (Å²) >= 11 is 5.78. The first kappa shape index (κ1) is 15.7. The summed E-state index contributed by atoms with van der Waals surface area (Å²) in [6, 6.07) is 11.5. The zero-order valence-electron chi connectivity index (χ0n) is 11.9. The summed E-state index contributed by atoms with van der Waals surface area (Å²) in [4.78, 5) is 15.4. The second-order valence-electron chi connectivity index (χ2n) is 4.62. The molecule has 0 aliphatic rings. The first-order chi connectivity index (χ1) is 11.5. The predicted octanol–water partition coefficient (Wildman–Crippen LogP) is 2.84. The highest BCUT2D eigenvalue weighted by molar-refractivity contribution is 6.30. The van der Waals surface area contributed by atoms with Crippen LogP contribution in [0.1, 0.15) is 0 Å². The number of nitrogens with zero attached hydrogens (tertiary/aromatic N) is 5. The zero-order valence-corrected chi connectivity index (χ0v) is 12.6. The van der Waals surface area contributed by atoms with E-state index in [9.17, 15) is 19.7 Å². The van der Waals surface area contributed by atoms with Crippen molar-refractivity contribution >= 4 is 23.1 Å². The van der Waals surface area contributed by atoms with Crippen LogP contribution in [-0.2, 0) is 0 Å². The molecule has 0 fully saturated rings. The lowest BCUT2D eigenvalue weighted by molar-refractivity contribution is -0.391. The average molecular weight is 350 g/mol. The maximum Gasteiger partial charge on any atom is 0.438 e. The van der Waals surface area contributed by atoms with Gasteiger partial charge in [-0.2, -0.15) is 0 Å². The van der Waals surface area contributed by atoms with E-state index in [0.717, 1.165) is 10.9 Å². The van der Waals surface area contributed by atoms with Crippen molar-refractivity contribution in [2.75, 3.05) is 0 Å². The van der Waals surface area contributed by atoms with Crippen LogP contribution >= 0.6 is 11.6 Å². The molecule has 3 aromatic rings. The fraction of sp³-hybridized carbons (Fsp3) is 0. The summed E-state index contributed by atoms with van der Waals surface area (Å²) in [7, 11) is 0. The van der Waals surface area contributed by atoms with Crippen LogP contribution in [0.4, 0.5) is 15.9 Å². The Bertz CT molecular complexity index is 981. The maximum absolute atomic E-state index is 13.7. The molecule has 122 valence electrons. The van der Waals surface area contributed by atoms with Crippen LogP contribution in [0.5, 0.6) is 0 Å². The van der Waals surface area contributed by atoms with Crippen molar-refractivity contribution in [2.45, 2.75) is 0 Å². The molecular formula is C14H9ClFN5O3. The SMILES string of the molecule is O=[N+]([O-])c1nn(-c2ccc(Cl)cc2)n(O)c1=Nc1ccccc1F. The van der Waals surface area contributed by atoms with Crippen LogP contribution in [0.15, 0.2) is 53.5 Å². The third-order valence-electron chi connectivity index (χ3n) is 3.07. The minimum Gasteiger partial charge on any atom is -0.409 e. The number of benzene rings is 2. The second kappa shape index (κ2) is 6.13. The van der Waals surface area contributed by atoms with Crippen LogP contribution < -0.4 is 5.49 Å². The average Bonchev–Trinajstić information content (AvgIpc) is 2.88. The van der Waals surface area contributed by atoms with Crippen LogP contribution in [0.2, 0.25) is 5.02 Å². The Balaban J connectivity index is 2.25. The van der Waals surface area contributed by atoms with Crippen molar-refractivity contribution in [3.8, 4) is 5.69 Å². The fourth-order valence-corrected chi connectivity index (χ4v) is 2.09. The molecule has 3 rings (SSSR count). The Hall–Kier alpha value is -3.20. The van der Waals surface area contributed by atoms with E-state index in [1.807, 2.05) is 0 Å². The molecule has 0 unspecified atom stereocenters. The Morgan fingerprint density at radius 2 is 1.88 bits per heavy atom. The molecule has 2 aromatic carbocycles. The quantitative estimate of drug-likeness (QED) is 0.446. The molecule has 0 amide bonds. The number of hydrogen-bond acceptors (Lipinski definition) is 5. The Kier molecular flexibility index (Phi) is 4.00. The van der Waals surface area contributed by atoms with Gasteiger partial charge in [-0.15, -0.1) is 0 Å². The smallest absolute Gasteiger partial charge is 0.409 e. The lowest BCUT2D eigenvalue weighted by atomic mass is 10.3. The lowest BCUT2D eigenvalue weighted by Gasteiger charge is -1.99. The minimum atomic E-state index is -0.821. The van der Waals surface area contributed by atoms with E-state index in [1.54, 1.807) is 0 Å². The van der Waals surface area contributed by atoms with Gasteiger partial charge in [-0.25, -0.2) is 9.38 Å². The fourth-order valence-electron chi connectivity index (χ4n) is 1.97. The van der Waals surface area contributed by atoms with E-state index in [-0.39, 0.29) is 5.69 Å². The molecule has 24 heavy (non-hydrogen) atoms. The van der Waals surface area contributed by atoms with Crippen molar-refractivity contribution in [1.82, 2.24) is 14.7 Å². The molecule has 0 aliphatic heterocycles. The summed E-state index contributed by atoms with van der Waals surface area (Å²) in [6.07, 6.45) is 0.